The summed E-state index contributed by atoms with van der Waals surface area (Å²) >= 11 is 1.13. The highest BCUT2D eigenvalue weighted by atomic mass is 32.2. The Kier molecular flexibility index (Phi) is 4.51. The minimum Gasteiger partial charge on any atom is -0.497 e. The maximum atomic E-state index is 12.5. The number of sulfonamides is 1. The van der Waals surface area contributed by atoms with E-state index in [0.717, 1.165) is 35.5 Å². The van der Waals surface area contributed by atoms with Gasteiger partial charge in [-0.05, 0) is 36.6 Å². The number of ether oxygens (including phenoxy) is 1. The van der Waals surface area contributed by atoms with Gasteiger partial charge in [-0.25, -0.2) is 13.1 Å². The Morgan fingerprint density at radius 3 is 2.73 bits per heavy atom. The molecule has 136 valence electrons. The summed E-state index contributed by atoms with van der Waals surface area (Å²) in [6.07, 6.45) is 2.14. The normalized spacial score (nSPS) is 14.5. The van der Waals surface area contributed by atoms with Gasteiger partial charge in [0, 0.05) is 17.8 Å². The second-order valence-corrected chi connectivity index (χ2v) is 8.95. The predicted octanol–water partition coefficient (Wildman–Crippen LogP) is 3.16. The SMILES string of the molecule is COc1ccc(CNS(=O)(=O)c2cc(-c3nnc(C4CC4)o3)cs2)cc1. The second-order valence-electron chi connectivity index (χ2n) is 6.05. The molecule has 1 saturated carbocycles. The molecule has 1 aromatic carbocycles. The third-order valence-electron chi connectivity index (χ3n) is 4.08. The average Bonchev–Trinajstić information content (AvgIpc) is 3.18. The molecule has 0 unspecified atom stereocenters. The monoisotopic (exact) mass is 391 g/mol. The molecular weight excluding hydrogens is 374 g/mol. The van der Waals surface area contributed by atoms with Crippen LogP contribution in [0.4, 0.5) is 0 Å². The molecule has 0 saturated heterocycles. The summed E-state index contributed by atoms with van der Waals surface area (Å²) in [5, 5.41) is 9.76. The molecule has 7 nitrogen and oxygen atoms in total. The lowest BCUT2D eigenvalue weighted by atomic mass is 10.2. The van der Waals surface area contributed by atoms with Crippen molar-refractivity contribution in [3.63, 3.8) is 0 Å². The minimum absolute atomic E-state index is 0.200. The fraction of sp³-hybridized carbons (Fsp3) is 0.294. The van der Waals surface area contributed by atoms with Gasteiger partial charge in [-0.2, -0.15) is 0 Å². The Morgan fingerprint density at radius 1 is 1.27 bits per heavy atom. The summed E-state index contributed by atoms with van der Waals surface area (Å²) in [4.78, 5) is 0. The number of hydrogen-bond acceptors (Lipinski definition) is 7. The zero-order valence-electron chi connectivity index (χ0n) is 14.0. The van der Waals surface area contributed by atoms with Gasteiger partial charge < -0.3 is 9.15 Å². The van der Waals surface area contributed by atoms with Crippen molar-refractivity contribution < 1.29 is 17.6 Å². The van der Waals surface area contributed by atoms with E-state index in [0.29, 0.717) is 23.3 Å². The number of hydrogen-bond donors (Lipinski definition) is 1. The number of benzene rings is 1. The van der Waals surface area contributed by atoms with E-state index < -0.39 is 10.0 Å². The van der Waals surface area contributed by atoms with Gasteiger partial charge in [0.05, 0.1) is 12.7 Å². The lowest BCUT2D eigenvalue weighted by Crippen LogP contribution is -2.22. The van der Waals surface area contributed by atoms with Crippen LogP contribution in [-0.4, -0.2) is 25.7 Å². The zero-order chi connectivity index (χ0) is 18.1. The van der Waals surface area contributed by atoms with E-state index >= 15 is 0 Å². The van der Waals surface area contributed by atoms with Crippen LogP contribution in [0.5, 0.6) is 5.75 Å². The highest BCUT2D eigenvalue weighted by Gasteiger charge is 2.30. The van der Waals surface area contributed by atoms with E-state index in [1.54, 1.807) is 30.7 Å². The standard InChI is InChI=1S/C17H17N3O4S2/c1-23-14-6-2-11(3-7-14)9-18-26(21,22)15-8-13(10-25-15)17-20-19-16(24-17)12-4-5-12/h2-3,6-8,10,12,18H,4-5,9H2,1H3. The van der Waals surface area contributed by atoms with Crippen LogP contribution in [0.3, 0.4) is 0 Å². The number of nitrogens with one attached hydrogen (secondary N) is 1. The summed E-state index contributed by atoms with van der Waals surface area (Å²) in [6, 6.07) is 8.78. The lowest BCUT2D eigenvalue weighted by molar-refractivity contribution is 0.414. The molecule has 0 bridgehead atoms. The van der Waals surface area contributed by atoms with E-state index in [1.165, 1.54) is 0 Å². The molecule has 0 spiro atoms. The van der Waals surface area contributed by atoms with Gasteiger partial charge in [0.1, 0.15) is 9.96 Å². The fourth-order valence-electron chi connectivity index (χ4n) is 2.41. The third kappa shape index (κ3) is 3.64. The van der Waals surface area contributed by atoms with Gasteiger partial charge in [0.15, 0.2) is 0 Å². The molecule has 2 heterocycles. The third-order valence-corrected chi connectivity index (χ3v) is 6.92. The molecule has 26 heavy (non-hydrogen) atoms. The summed E-state index contributed by atoms with van der Waals surface area (Å²) in [6.45, 7) is 0.200. The molecule has 1 fully saturated rings. The first-order valence-electron chi connectivity index (χ1n) is 8.10. The van der Waals surface area contributed by atoms with E-state index in [9.17, 15) is 8.42 Å². The van der Waals surface area contributed by atoms with Crippen LogP contribution >= 0.6 is 11.3 Å². The topological polar surface area (TPSA) is 94.3 Å². The molecule has 4 rings (SSSR count). The summed E-state index contributed by atoms with van der Waals surface area (Å²) in [5.74, 6) is 2.09. The molecule has 2 aromatic heterocycles. The molecule has 0 aliphatic heterocycles. The van der Waals surface area contributed by atoms with Gasteiger partial charge in [-0.1, -0.05) is 12.1 Å². The highest BCUT2D eigenvalue weighted by Crippen LogP contribution is 2.40. The second kappa shape index (κ2) is 6.82. The lowest BCUT2D eigenvalue weighted by Gasteiger charge is -2.06. The van der Waals surface area contributed by atoms with Crippen molar-refractivity contribution in [1.29, 1.82) is 0 Å². The molecule has 0 atom stereocenters. The van der Waals surface area contributed by atoms with Crippen molar-refractivity contribution in [3.05, 3.63) is 47.2 Å². The Labute approximate surface area is 155 Å². The number of aromatic nitrogens is 2. The first-order valence-corrected chi connectivity index (χ1v) is 10.5. The molecular formula is C17H17N3O4S2. The van der Waals surface area contributed by atoms with Crippen LogP contribution in [0.2, 0.25) is 0 Å². The van der Waals surface area contributed by atoms with Gasteiger partial charge in [0.25, 0.3) is 0 Å². The fourth-order valence-corrected chi connectivity index (χ4v) is 4.62. The minimum atomic E-state index is -3.61. The molecule has 9 heteroatoms. The first kappa shape index (κ1) is 17.2. The van der Waals surface area contributed by atoms with E-state index in [1.807, 2.05) is 12.1 Å². The molecule has 0 amide bonds. The van der Waals surface area contributed by atoms with Crippen molar-refractivity contribution in [3.8, 4) is 17.2 Å². The van der Waals surface area contributed by atoms with Crippen LogP contribution in [0.1, 0.15) is 30.2 Å². The van der Waals surface area contributed by atoms with Crippen molar-refractivity contribution in [2.75, 3.05) is 7.11 Å². The van der Waals surface area contributed by atoms with E-state index in [-0.39, 0.29) is 10.8 Å². The summed E-state index contributed by atoms with van der Waals surface area (Å²) in [7, 11) is -2.02. The predicted molar refractivity (Wildman–Crippen MR) is 96.6 cm³/mol. The highest BCUT2D eigenvalue weighted by molar-refractivity contribution is 7.91. The van der Waals surface area contributed by atoms with Crippen molar-refractivity contribution >= 4 is 21.4 Å². The largest absolute Gasteiger partial charge is 0.497 e. The van der Waals surface area contributed by atoms with Crippen LogP contribution < -0.4 is 9.46 Å². The molecule has 1 N–H and O–H groups in total. The van der Waals surface area contributed by atoms with E-state index in [4.69, 9.17) is 9.15 Å². The zero-order valence-corrected chi connectivity index (χ0v) is 15.6. The maximum absolute atomic E-state index is 12.5. The number of thiophene rings is 1. The molecule has 3 aromatic rings. The van der Waals surface area contributed by atoms with Crippen molar-refractivity contribution in [2.24, 2.45) is 0 Å². The van der Waals surface area contributed by atoms with Crippen molar-refractivity contribution in [2.45, 2.75) is 29.5 Å². The maximum Gasteiger partial charge on any atom is 0.250 e. The molecule has 0 radical (unpaired) electrons. The van der Waals surface area contributed by atoms with Gasteiger partial charge in [-0.15, -0.1) is 21.5 Å². The Bertz CT molecular complexity index is 1000. The first-order chi connectivity index (χ1) is 12.5. The van der Waals surface area contributed by atoms with Crippen molar-refractivity contribution in [1.82, 2.24) is 14.9 Å². The quantitative estimate of drug-likeness (QED) is 0.665. The van der Waals surface area contributed by atoms with Crippen LogP contribution in [0.15, 0.2) is 44.3 Å². The average molecular weight is 391 g/mol. The number of methoxy groups -OCH3 is 1. The van der Waals surface area contributed by atoms with Crippen LogP contribution in [0, 0.1) is 0 Å². The molecule has 1 aliphatic rings. The summed E-state index contributed by atoms with van der Waals surface area (Å²) < 4.78 is 38.5. The Balaban J connectivity index is 1.46. The molecule has 1 aliphatic carbocycles. The Hall–Kier alpha value is -2.23. The summed E-state index contributed by atoms with van der Waals surface area (Å²) in [5.41, 5.74) is 1.47. The Morgan fingerprint density at radius 2 is 2.04 bits per heavy atom. The number of nitrogens with zero attached hydrogens (tertiary/aromatic N) is 2. The van der Waals surface area contributed by atoms with Gasteiger partial charge in [-0.3, -0.25) is 0 Å². The smallest absolute Gasteiger partial charge is 0.250 e. The van der Waals surface area contributed by atoms with E-state index in [2.05, 4.69) is 14.9 Å². The van der Waals surface area contributed by atoms with Crippen LogP contribution in [-0.2, 0) is 16.6 Å². The van der Waals surface area contributed by atoms with Gasteiger partial charge >= 0.3 is 0 Å². The number of rotatable bonds is 7. The van der Waals surface area contributed by atoms with Gasteiger partial charge in [0.2, 0.25) is 21.8 Å². The van der Waals surface area contributed by atoms with Crippen LogP contribution in [0.25, 0.3) is 11.5 Å².